The van der Waals surface area contributed by atoms with Crippen LogP contribution in [-0.2, 0) is 10.3 Å². The predicted molar refractivity (Wildman–Crippen MR) is 55.4 cm³/mol. The van der Waals surface area contributed by atoms with Crippen LogP contribution in [0.2, 0.25) is 0 Å². The number of nitrogens with one attached hydrogen (secondary N) is 1. The number of aryl methyl sites for hydroxylation is 1. The molecule has 1 atom stereocenters. The second-order valence-electron chi connectivity index (χ2n) is 3.64. The van der Waals surface area contributed by atoms with Gasteiger partial charge in [0.2, 0.25) is 0 Å². The van der Waals surface area contributed by atoms with Crippen LogP contribution in [0.5, 0.6) is 0 Å². The lowest BCUT2D eigenvalue weighted by molar-refractivity contribution is -0.138. The summed E-state index contributed by atoms with van der Waals surface area (Å²) in [5, 5.41) is 11.8. The topological polar surface area (TPSA) is 75.1 Å². The summed E-state index contributed by atoms with van der Waals surface area (Å²) in [6.07, 6.45) is 3.14. The Kier molecular flexibility index (Phi) is 3.36. The van der Waals surface area contributed by atoms with Gasteiger partial charge in [0.15, 0.2) is 0 Å². The third-order valence-corrected chi connectivity index (χ3v) is 2.46. The first kappa shape index (κ1) is 11.6. The molecule has 1 aromatic rings. The number of hydrogen-bond acceptors (Lipinski definition) is 4. The van der Waals surface area contributed by atoms with Gasteiger partial charge in [-0.05, 0) is 20.9 Å². The SMILES string of the molecule is CNC(C)(CC(=O)O)c1nccnc1C. The van der Waals surface area contributed by atoms with Crippen LogP contribution in [0.25, 0.3) is 0 Å². The van der Waals surface area contributed by atoms with Crippen molar-refractivity contribution in [1.82, 2.24) is 15.3 Å². The lowest BCUT2D eigenvalue weighted by Crippen LogP contribution is -2.40. The zero-order valence-electron chi connectivity index (χ0n) is 9.11. The molecular weight excluding hydrogens is 194 g/mol. The molecule has 0 aliphatic carbocycles. The molecule has 1 heterocycles. The first-order valence-electron chi connectivity index (χ1n) is 4.68. The second-order valence-corrected chi connectivity index (χ2v) is 3.64. The molecule has 0 aliphatic heterocycles. The molecule has 1 unspecified atom stereocenters. The molecule has 1 aromatic heterocycles. The highest BCUT2D eigenvalue weighted by Crippen LogP contribution is 2.23. The summed E-state index contributed by atoms with van der Waals surface area (Å²) in [5.41, 5.74) is 0.745. The standard InChI is InChI=1S/C10H15N3O2/c1-7-9(13-5-4-12-7)10(2,11-3)6-8(14)15/h4-5,11H,6H2,1-3H3,(H,14,15). The van der Waals surface area contributed by atoms with Crippen molar-refractivity contribution in [2.75, 3.05) is 7.05 Å². The second kappa shape index (κ2) is 4.35. The molecule has 15 heavy (non-hydrogen) atoms. The minimum atomic E-state index is -0.864. The quantitative estimate of drug-likeness (QED) is 0.763. The maximum atomic E-state index is 10.8. The molecule has 5 nitrogen and oxygen atoms in total. The smallest absolute Gasteiger partial charge is 0.305 e. The van der Waals surface area contributed by atoms with Crippen LogP contribution in [0.3, 0.4) is 0 Å². The van der Waals surface area contributed by atoms with Crippen molar-refractivity contribution in [3.8, 4) is 0 Å². The average Bonchev–Trinajstić information content (AvgIpc) is 2.17. The molecular formula is C10H15N3O2. The van der Waals surface area contributed by atoms with Crippen LogP contribution >= 0.6 is 0 Å². The maximum absolute atomic E-state index is 10.8. The van der Waals surface area contributed by atoms with Gasteiger partial charge in [-0.2, -0.15) is 0 Å². The molecule has 0 amide bonds. The van der Waals surface area contributed by atoms with Gasteiger partial charge in [0.1, 0.15) is 0 Å². The van der Waals surface area contributed by atoms with Crippen molar-refractivity contribution in [3.63, 3.8) is 0 Å². The third kappa shape index (κ3) is 2.50. The third-order valence-electron chi connectivity index (χ3n) is 2.46. The summed E-state index contributed by atoms with van der Waals surface area (Å²) in [4.78, 5) is 19.1. The lowest BCUT2D eigenvalue weighted by Gasteiger charge is -2.27. The largest absolute Gasteiger partial charge is 0.481 e. The van der Waals surface area contributed by atoms with Crippen LogP contribution in [0, 0.1) is 6.92 Å². The minimum Gasteiger partial charge on any atom is -0.481 e. The maximum Gasteiger partial charge on any atom is 0.305 e. The van der Waals surface area contributed by atoms with E-state index in [0.717, 1.165) is 5.69 Å². The Morgan fingerprint density at radius 3 is 2.60 bits per heavy atom. The van der Waals surface area contributed by atoms with Crippen molar-refractivity contribution < 1.29 is 9.90 Å². The molecule has 0 bridgehead atoms. The van der Waals surface area contributed by atoms with Gasteiger partial charge in [0, 0.05) is 12.4 Å². The Hall–Kier alpha value is -1.49. The molecule has 2 N–H and O–H groups in total. The van der Waals surface area contributed by atoms with Gasteiger partial charge in [-0.25, -0.2) is 0 Å². The van der Waals surface area contributed by atoms with Crippen LogP contribution in [0.4, 0.5) is 0 Å². The van der Waals surface area contributed by atoms with Crippen LogP contribution in [-0.4, -0.2) is 28.1 Å². The predicted octanol–water partition coefficient (Wildman–Crippen LogP) is 0.694. The number of carboxylic acids is 1. The molecule has 5 heteroatoms. The number of carbonyl (C=O) groups is 1. The fraction of sp³-hybridized carbons (Fsp3) is 0.500. The van der Waals surface area contributed by atoms with Crippen LogP contribution < -0.4 is 5.32 Å². The zero-order valence-corrected chi connectivity index (χ0v) is 9.11. The number of carboxylic acid groups (broad SMARTS) is 1. The van der Waals surface area contributed by atoms with E-state index in [4.69, 9.17) is 5.11 Å². The molecule has 82 valence electrons. The lowest BCUT2D eigenvalue weighted by atomic mass is 9.92. The Bertz CT molecular complexity index is 367. The highest BCUT2D eigenvalue weighted by Gasteiger charge is 2.30. The van der Waals surface area contributed by atoms with E-state index in [1.165, 1.54) is 0 Å². The van der Waals surface area contributed by atoms with Crippen molar-refractivity contribution in [2.45, 2.75) is 25.8 Å². The van der Waals surface area contributed by atoms with E-state index in [-0.39, 0.29) is 6.42 Å². The summed E-state index contributed by atoms with van der Waals surface area (Å²) >= 11 is 0. The summed E-state index contributed by atoms with van der Waals surface area (Å²) in [5.74, 6) is -0.864. The Morgan fingerprint density at radius 2 is 2.13 bits per heavy atom. The number of aromatic nitrogens is 2. The molecule has 1 rings (SSSR count). The number of nitrogens with zero attached hydrogens (tertiary/aromatic N) is 2. The molecule has 0 aromatic carbocycles. The van der Waals surface area contributed by atoms with Gasteiger partial charge in [-0.1, -0.05) is 0 Å². The van der Waals surface area contributed by atoms with E-state index in [1.807, 2.05) is 6.92 Å². The van der Waals surface area contributed by atoms with E-state index in [9.17, 15) is 4.79 Å². The van der Waals surface area contributed by atoms with Gasteiger partial charge in [0.05, 0.1) is 23.3 Å². The highest BCUT2D eigenvalue weighted by molar-refractivity contribution is 5.68. The summed E-state index contributed by atoms with van der Waals surface area (Å²) in [6.45, 7) is 3.62. The molecule has 0 saturated carbocycles. The molecule has 0 spiro atoms. The Morgan fingerprint density at radius 1 is 1.53 bits per heavy atom. The fourth-order valence-electron chi connectivity index (χ4n) is 1.54. The van der Waals surface area contributed by atoms with Crippen molar-refractivity contribution in [3.05, 3.63) is 23.8 Å². The zero-order chi connectivity index (χ0) is 11.5. The molecule has 0 saturated heterocycles. The highest BCUT2D eigenvalue weighted by atomic mass is 16.4. The van der Waals surface area contributed by atoms with Gasteiger partial charge in [-0.15, -0.1) is 0 Å². The number of aliphatic carboxylic acids is 1. The van der Waals surface area contributed by atoms with E-state index < -0.39 is 11.5 Å². The van der Waals surface area contributed by atoms with E-state index in [1.54, 1.807) is 26.4 Å². The van der Waals surface area contributed by atoms with E-state index in [2.05, 4.69) is 15.3 Å². The number of hydrogen-bond donors (Lipinski definition) is 2. The van der Waals surface area contributed by atoms with Gasteiger partial charge in [0.25, 0.3) is 0 Å². The fourth-order valence-corrected chi connectivity index (χ4v) is 1.54. The first-order valence-corrected chi connectivity index (χ1v) is 4.68. The van der Waals surface area contributed by atoms with Crippen molar-refractivity contribution in [1.29, 1.82) is 0 Å². The monoisotopic (exact) mass is 209 g/mol. The first-order chi connectivity index (χ1) is 6.99. The molecule has 0 radical (unpaired) electrons. The van der Waals surface area contributed by atoms with Gasteiger partial charge >= 0.3 is 5.97 Å². The summed E-state index contributed by atoms with van der Waals surface area (Å²) in [7, 11) is 1.72. The van der Waals surface area contributed by atoms with Gasteiger partial charge in [-0.3, -0.25) is 14.8 Å². The minimum absolute atomic E-state index is 0.0248. The van der Waals surface area contributed by atoms with Crippen molar-refractivity contribution in [2.24, 2.45) is 0 Å². The summed E-state index contributed by atoms with van der Waals surface area (Å²) < 4.78 is 0. The Balaban J connectivity index is 3.11. The molecule has 0 aliphatic rings. The van der Waals surface area contributed by atoms with Crippen LogP contribution in [0.1, 0.15) is 24.7 Å². The van der Waals surface area contributed by atoms with Gasteiger partial charge < -0.3 is 10.4 Å². The van der Waals surface area contributed by atoms with Crippen LogP contribution in [0.15, 0.2) is 12.4 Å². The normalized spacial score (nSPS) is 14.6. The van der Waals surface area contributed by atoms with E-state index in [0.29, 0.717) is 5.69 Å². The Labute approximate surface area is 88.6 Å². The number of rotatable bonds is 4. The summed E-state index contributed by atoms with van der Waals surface area (Å²) in [6, 6.07) is 0. The van der Waals surface area contributed by atoms with E-state index >= 15 is 0 Å². The average molecular weight is 209 g/mol. The van der Waals surface area contributed by atoms with Crippen molar-refractivity contribution >= 4 is 5.97 Å². The molecule has 0 fully saturated rings.